The van der Waals surface area contributed by atoms with E-state index in [1.54, 1.807) is 89.0 Å². The zero-order valence-corrected chi connectivity index (χ0v) is 63.0. The van der Waals surface area contributed by atoms with Crippen LogP contribution in [0.1, 0.15) is 72.0 Å². The molecule has 3 fully saturated rings. The van der Waals surface area contributed by atoms with Gasteiger partial charge in [0, 0.05) is 120 Å². The molecule has 580 valence electrons. The Labute approximate surface area is 645 Å². The van der Waals surface area contributed by atoms with Crippen LogP contribution in [0.25, 0.3) is 21.8 Å². The molecule has 14 rings (SSSR count). The van der Waals surface area contributed by atoms with Crippen molar-refractivity contribution >= 4 is 132 Å². The van der Waals surface area contributed by atoms with E-state index >= 15 is 0 Å². The van der Waals surface area contributed by atoms with Crippen molar-refractivity contribution in [1.29, 1.82) is 0 Å². The van der Waals surface area contributed by atoms with Crippen molar-refractivity contribution in [3.63, 3.8) is 0 Å². The van der Waals surface area contributed by atoms with Crippen LogP contribution in [0.3, 0.4) is 0 Å². The molecule has 0 saturated carbocycles. The smallest absolute Gasteiger partial charge is 0.418 e. The summed E-state index contributed by atoms with van der Waals surface area (Å²) >= 11 is 7.64. The van der Waals surface area contributed by atoms with Crippen LogP contribution in [0.15, 0.2) is 198 Å². The molecular weight excluding hydrogens is 1560 g/mol. The highest BCUT2D eigenvalue weighted by Gasteiger charge is 2.36. The molecule has 3 aliphatic heterocycles. The molecule has 38 heteroatoms. The van der Waals surface area contributed by atoms with Gasteiger partial charge in [0.25, 0.3) is 41.9 Å². The number of halogens is 6. The lowest BCUT2D eigenvalue weighted by molar-refractivity contribution is -0.140. The third-order valence-electron chi connectivity index (χ3n) is 18.4. The normalized spacial score (nSPS) is 15.7. The van der Waals surface area contributed by atoms with Crippen LogP contribution in [0.4, 0.5) is 43.7 Å². The number of alkyl halides is 3. The van der Waals surface area contributed by atoms with Gasteiger partial charge in [0.15, 0.2) is 18.5 Å². The molecule has 6 aromatic carbocycles. The third kappa shape index (κ3) is 18.9. The number of Topliss-reactive ketones (excluding diaryl/α,β-unsaturated/α-hetero) is 1. The van der Waals surface area contributed by atoms with Gasteiger partial charge in [-0.05, 0) is 153 Å². The summed E-state index contributed by atoms with van der Waals surface area (Å²) in [6, 6.07) is 35.6. The van der Waals surface area contributed by atoms with Crippen molar-refractivity contribution in [2.24, 2.45) is 0 Å². The van der Waals surface area contributed by atoms with Gasteiger partial charge < -0.3 is 33.6 Å². The lowest BCUT2D eigenvalue weighted by Gasteiger charge is -2.37. The van der Waals surface area contributed by atoms with E-state index in [1.165, 1.54) is 121 Å². The molecule has 3 N–H and O–H groups in total. The van der Waals surface area contributed by atoms with Crippen LogP contribution >= 0.6 is 34.7 Å². The van der Waals surface area contributed by atoms with Crippen LogP contribution in [-0.2, 0) is 55.4 Å². The molecule has 0 aliphatic carbocycles. The maximum absolute atomic E-state index is 14.1. The maximum atomic E-state index is 14.1. The van der Waals surface area contributed by atoms with E-state index in [2.05, 4.69) is 52.7 Å². The van der Waals surface area contributed by atoms with E-state index in [9.17, 15) is 66.4 Å². The van der Waals surface area contributed by atoms with Crippen molar-refractivity contribution in [2.45, 2.75) is 78.0 Å². The summed E-state index contributed by atoms with van der Waals surface area (Å²) in [6.45, 7) is 6.46. The number of ether oxygens (including phenoxy) is 2. The Morgan fingerprint density at radius 3 is 1.82 bits per heavy atom. The Kier molecular flexibility index (Phi) is 24.3. The molecule has 3 saturated heterocycles. The first-order valence-corrected chi connectivity index (χ1v) is 40.2. The summed E-state index contributed by atoms with van der Waals surface area (Å²) in [5.74, 6) is -1.31. The number of hydrogen-bond donors (Lipinski definition) is 3. The number of fused-ring (bicyclic) bond motifs is 2. The second-order valence-electron chi connectivity index (χ2n) is 25.3. The first kappa shape index (κ1) is 78.7. The molecule has 0 bridgehead atoms. The average molecular weight is 1630 g/mol. The molecule has 27 nitrogen and oxygen atoms in total. The molecule has 5 aromatic heterocycles. The van der Waals surface area contributed by atoms with E-state index in [1.807, 2.05) is 0 Å². The van der Waals surface area contributed by atoms with E-state index < -0.39 is 65.7 Å². The van der Waals surface area contributed by atoms with Crippen LogP contribution in [-0.4, -0.2) is 167 Å². The van der Waals surface area contributed by atoms with E-state index in [-0.39, 0.29) is 105 Å². The van der Waals surface area contributed by atoms with Crippen molar-refractivity contribution in [3.8, 4) is 11.5 Å². The lowest BCUT2D eigenvalue weighted by Crippen LogP contribution is -2.52. The van der Waals surface area contributed by atoms with Crippen LogP contribution in [0.5, 0.6) is 11.5 Å². The van der Waals surface area contributed by atoms with Gasteiger partial charge in [-0.15, -0.1) is 0 Å². The number of sulfonamides is 3. The van der Waals surface area contributed by atoms with Crippen LogP contribution in [0, 0.1) is 11.6 Å². The highest BCUT2D eigenvalue weighted by molar-refractivity contribution is 7.93. The van der Waals surface area contributed by atoms with Crippen LogP contribution < -0.4 is 28.5 Å². The SMILES string of the molecule is CC(Oc1ccc(F)c(Cl)c1)C(=O)N1CCN(c2ccc(S(=O)(=O)Nc3ccncn3)cc2)CC1.C[C@H](C(=O)N1CCC(c2ccc(S(=O)(=O)Nc3ncns3)cc2)C(=O)C1)n1ccc2c(F)cccc21.O=C(COc1ccnc2c(C(F)(F)F)cccc12)N1CCC(c2ccc(S(=O)(=O)Nc3ncns3)cc2)CC1.[HH].[HH].[HH]. The number of ketones is 1. The van der Waals surface area contributed by atoms with Crippen molar-refractivity contribution in [2.75, 3.05) is 78.0 Å². The molecule has 2 unspecified atom stereocenters. The predicted molar refractivity (Wildman–Crippen MR) is 407 cm³/mol. The number of amides is 3. The summed E-state index contributed by atoms with van der Waals surface area (Å²) in [5.41, 5.74) is 2.04. The Balaban J connectivity index is 0.000000192. The summed E-state index contributed by atoms with van der Waals surface area (Å²) < 4.78 is 170. The highest BCUT2D eigenvalue weighted by Crippen LogP contribution is 2.38. The number of aromatic nitrogens is 8. The fraction of sp³-hybridized carbons (Fsp3) is 0.264. The van der Waals surface area contributed by atoms with Gasteiger partial charge in [-0.3, -0.25) is 38.3 Å². The van der Waals surface area contributed by atoms with Crippen molar-refractivity contribution in [1.82, 2.24) is 52.9 Å². The largest absolute Gasteiger partial charge is 0.483 e. The van der Waals surface area contributed by atoms with E-state index in [0.29, 0.717) is 87.3 Å². The number of carbonyl (C=O) groups excluding carboxylic acids is 4. The number of hydrogen-bond acceptors (Lipinski definition) is 22. The number of likely N-dealkylation sites (tertiary alicyclic amines) is 2. The summed E-state index contributed by atoms with van der Waals surface area (Å²) in [5, 5.41) is 0.903. The molecule has 8 heterocycles. The Morgan fingerprint density at radius 1 is 0.618 bits per heavy atom. The molecule has 3 atom stereocenters. The first-order chi connectivity index (χ1) is 52.6. The zero-order chi connectivity index (χ0) is 78.1. The Hall–Kier alpha value is -10.9. The fourth-order valence-electron chi connectivity index (χ4n) is 12.6. The van der Waals surface area contributed by atoms with Gasteiger partial charge in [-0.2, -0.15) is 21.9 Å². The summed E-state index contributed by atoms with van der Waals surface area (Å²) in [6.07, 6.45) is 4.60. The number of nitrogens with zero attached hydrogens (tertiary/aromatic N) is 12. The summed E-state index contributed by atoms with van der Waals surface area (Å²) in [7, 11) is -11.4. The molecule has 3 aliphatic rings. The van der Waals surface area contributed by atoms with Crippen molar-refractivity contribution < 1.29 is 80.1 Å². The fourth-order valence-corrected chi connectivity index (χ4v) is 17.1. The standard InChI is InChI=1S/C25H22F3N5O4S2.C24H22FN5O4S2.C23H23ClFN5O4S.3H2/c26-25(27,28)20-3-1-2-19-21(8-11-29-23(19)20)37-14-22(34)33-12-9-17(10-13-33)16-4-6-18(7-5-16)39(35,36)32-24-30-15-31-38-24;1-15(30-12-10-19-20(25)3-2-4-21(19)30)23(32)29-11-9-18(22(31)13-29)16-5-7-17(8-6-16)36(33,34)28-24-26-14-27-35-24;1-16(34-18-4-7-21(25)20(24)14-18)23(31)30-12-10-29(11-13-30)17-2-5-19(6-3-17)35(32,33)28-22-8-9-26-15-27-22;;;/h1-8,11,15,17H,9-10,12-14H2,(H,30,31,32);2-8,10,12,14-15,18H,9,11,13H2,1H3,(H,26,27,28);2-9,14-16H,10-13H2,1H3,(H,26,27,28);3*1H/t;15-,18?;;;;/m.1..../s1. The van der Waals surface area contributed by atoms with Gasteiger partial charge in [0.1, 0.15) is 54.0 Å². The highest BCUT2D eigenvalue weighted by atomic mass is 35.5. The van der Waals surface area contributed by atoms with E-state index in [0.717, 1.165) is 40.4 Å². The first-order valence-electron chi connectivity index (χ1n) is 33.8. The second kappa shape index (κ2) is 34.0. The van der Waals surface area contributed by atoms with Gasteiger partial charge in [-0.1, -0.05) is 48.0 Å². The maximum Gasteiger partial charge on any atom is 0.418 e. The molecule has 0 spiro atoms. The van der Waals surface area contributed by atoms with Gasteiger partial charge in [0.05, 0.1) is 42.9 Å². The topological polar surface area (TPSA) is 333 Å². The Morgan fingerprint density at radius 2 is 1.23 bits per heavy atom. The Bertz CT molecular complexity index is 5480. The molecule has 3 amide bonds. The molecular formula is C72H73ClF5N15O12S5. The van der Waals surface area contributed by atoms with Crippen molar-refractivity contribution in [3.05, 3.63) is 217 Å². The van der Waals surface area contributed by atoms with E-state index in [4.69, 9.17) is 21.1 Å². The lowest BCUT2D eigenvalue weighted by atomic mass is 9.88. The molecule has 0 radical (unpaired) electrons. The van der Waals surface area contributed by atoms with Gasteiger partial charge in [-0.25, -0.2) is 54.0 Å². The average Bonchev–Trinajstić information content (AvgIpc) is 1.43. The number of piperidine rings is 2. The molecule has 11 aromatic rings. The number of carbonyl (C=O) groups is 4. The van der Waals surface area contributed by atoms with Crippen LogP contribution in [0.2, 0.25) is 5.02 Å². The number of piperazine rings is 1. The van der Waals surface area contributed by atoms with Gasteiger partial charge >= 0.3 is 6.18 Å². The zero-order valence-electron chi connectivity index (χ0n) is 58.2. The number of rotatable bonds is 20. The second-order valence-corrected chi connectivity index (χ2v) is 32.3. The minimum Gasteiger partial charge on any atom is -0.483 e. The third-order valence-corrected chi connectivity index (χ3v) is 24.1. The minimum atomic E-state index is -4.56. The van der Waals surface area contributed by atoms with Gasteiger partial charge in [0.2, 0.25) is 16.2 Å². The number of anilines is 4. The number of benzene rings is 6. The number of nitrogens with one attached hydrogen (secondary N) is 3. The summed E-state index contributed by atoms with van der Waals surface area (Å²) in [4.78, 5) is 78.1. The quantitative estimate of drug-likeness (QED) is 0.0597. The number of para-hydroxylation sites is 1. The molecule has 110 heavy (non-hydrogen) atoms. The number of pyridine rings is 1. The predicted octanol–water partition coefficient (Wildman–Crippen LogP) is 12.2. The minimum absolute atomic E-state index is 0. The monoisotopic (exact) mass is 1630 g/mol.